The Morgan fingerprint density at radius 2 is 2.06 bits per heavy atom. The maximum atomic E-state index is 13.7. The quantitative estimate of drug-likeness (QED) is 0.792. The molecule has 18 heavy (non-hydrogen) atoms. The average Bonchev–Trinajstić information content (AvgIpc) is 2.26. The summed E-state index contributed by atoms with van der Waals surface area (Å²) >= 11 is 0. The van der Waals surface area contributed by atoms with E-state index >= 15 is 0 Å². The molecule has 0 unspecified atom stereocenters. The minimum Gasteiger partial charge on any atom is -0.490 e. The molecule has 1 aromatic rings. The second-order valence-corrected chi connectivity index (χ2v) is 4.96. The smallest absolute Gasteiger partial charge is 0.167 e. The maximum absolute atomic E-state index is 13.7. The third kappa shape index (κ3) is 3.79. The first-order chi connectivity index (χ1) is 8.45. The summed E-state index contributed by atoms with van der Waals surface area (Å²) in [5.41, 5.74) is 7.12. The molecule has 0 radical (unpaired) electrons. The van der Waals surface area contributed by atoms with E-state index in [2.05, 4.69) is 13.8 Å². The Hall–Kier alpha value is -1.45. The van der Waals surface area contributed by atoms with Crippen molar-refractivity contribution in [3.8, 4) is 5.75 Å². The summed E-state index contributed by atoms with van der Waals surface area (Å²) in [5.74, 6) is 0.388. The fourth-order valence-corrected chi connectivity index (χ4v) is 1.86. The van der Waals surface area contributed by atoms with E-state index in [4.69, 9.17) is 10.5 Å². The SMILES string of the molecule is CCCOc1cc(N(C)CC(C)C)c(N)cc1F. The topological polar surface area (TPSA) is 38.5 Å². The van der Waals surface area contributed by atoms with Gasteiger partial charge in [0.15, 0.2) is 11.6 Å². The predicted molar refractivity (Wildman–Crippen MR) is 74.7 cm³/mol. The minimum atomic E-state index is -0.400. The fraction of sp³-hybridized carbons (Fsp3) is 0.571. The number of benzene rings is 1. The van der Waals surface area contributed by atoms with Gasteiger partial charge in [-0.2, -0.15) is 0 Å². The van der Waals surface area contributed by atoms with Crippen molar-refractivity contribution in [2.45, 2.75) is 27.2 Å². The lowest BCUT2D eigenvalue weighted by atomic mass is 10.1. The van der Waals surface area contributed by atoms with E-state index in [0.717, 1.165) is 18.7 Å². The molecule has 0 saturated heterocycles. The van der Waals surface area contributed by atoms with Crippen LogP contribution >= 0.6 is 0 Å². The van der Waals surface area contributed by atoms with E-state index in [1.165, 1.54) is 6.07 Å². The van der Waals surface area contributed by atoms with Gasteiger partial charge in [0, 0.05) is 25.7 Å². The molecule has 3 nitrogen and oxygen atoms in total. The Balaban J connectivity index is 2.96. The number of nitrogens with zero attached hydrogens (tertiary/aromatic N) is 1. The normalized spacial score (nSPS) is 10.8. The Morgan fingerprint density at radius 1 is 1.39 bits per heavy atom. The van der Waals surface area contributed by atoms with Gasteiger partial charge in [0.2, 0.25) is 0 Å². The van der Waals surface area contributed by atoms with E-state index in [1.807, 2.05) is 18.9 Å². The first kappa shape index (κ1) is 14.6. The molecule has 2 N–H and O–H groups in total. The van der Waals surface area contributed by atoms with E-state index in [-0.39, 0.29) is 5.75 Å². The highest BCUT2D eigenvalue weighted by atomic mass is 19.1. The molecular formula is C14H23FN2O. The lowest BCUT2D eigenvalue weighted by molar-refractivity contribution is 0.301. The number of hydrogen-bond donors (Lipinski definition) is 1. The molecule has 0 aliphatic carbocycles. The summed E-state index contributed by atoms with van der Waals surface area (Å²) in [4.78, 5) is 2.03. The molecule has 0 atom stereocenters. The lowest BCUT2D eigenvalue weighted by Gasteiger charge is -2.24. The molecule has 102 valence electrons. The number of nitrogens with two attached hydrogens (primary N) is 1. The zero-order valence-electron chi connectivity index (χ0n) is 11.7. The number of halogens is 1. The molecule has 0 bridgehead atoms. The summed E-state index contributed by atoms with van der Waals surface area (Å²) in [7, 11) is 1.95. The Morgan fingerprint density at radius 3 is 2.61 bits per heavy atom. The third-order valence-corrected chi connectivity index (χ3v) is 2.59. The number of anilines is 2. The molecule has 0 heterocycles. The maximum Gasteiger partial charge on any atom is 0.167 e. The van der Waals surface area contributed by atoms with Crippen LogP contribution in [0.5, 0.6) is 5.75 Å². The van der Waals surface area contributed by atoms with Crippen LogP contribution in [-0.4, -0.2) is 20.2 Å². The molecule has 0 aliphatic heterocycles. The highest BCUT2D eigenvalue weighted by Crippen LogP contribution is 2.31. The average molecular weight is 254 g/mol. The van der Waals surface area contributed by atoms with Crippen LogP contribution in [0.15, 0.2) is 12.1 Å². The van der Waals surface area contributed by atoms with Gasteiger partial charge in [-0.1, -0.05) is 20.8 Å². The van der Waals surface area contributed by atoms with E-state index in [1.54, 1.807) is 6.07 Å². The summed E-state index contributed by atoms with van der Waals surface area (Å²) < 4.78 is 19.0. The summed E-state index contributed by atoms with van der Waals surface area (Å²) in [5, 5.41) is 0. The van der Waals surface area contributed by atoms with Crippen LogP contribution in [-0.2, 0) is 0 Å². The number of rotatable bonds is 6. The molecule has 1 aromatic carbocycles. The predicted octanol–water partition coefficient (Wildman–Crippen LogP) is 3.29. The van der Waals surface area contributed by atoms with Crippen molar-refractivity contribution in [3.63, 3.8) is 0 Å². The van der Waals surface area contributed by atoms with Gasteiger partial charge >= 0.3 is 0 Å². The first-order valence-electron chi connectivity index (χ1n) is 6.38. The van der Waals surface area contributed by atoms with E-state index in [9.17, 15) is 4.39 Å². The van der Waals surface area contributed by atoms with Gasteiger partial charge in [0.1, 0.15) is 0 Å². The highest BCUT2D eigenvalue weighted by Gasteiger charge is 2.13. The molecule has 0 aromatic heterocycles. The molecule has 0 aliphatic rings. The number of nitrogen functional groups attached to an aromatic ring is 1. The zero-order valence-corrected chi connectivity index (χ0v) is 11.7. The van der Waals surface area contributed by atoms with Gasteiger partial charge in [-0.05, 0) is 12.3 Å². The first-order valence-corrected chi connectivity index (χ1v) is 6.38. The van der Waals surface area contributed by atoms with Gasteiger partial charge in [-0.3, -0.25) is 0 Å². The summed E-state index contributed by atoms with van der Waals surface area (Å²) in [6.07, 6.45) is 0.848. The molecule has 1 rings (SSSR count). The van der Waals surface area contributed by atoms with Crippen LogP contribution in [0, 0.1) is 11.7 Å². The molecule has 0 amide bonds. The second-order valence-electron chi connectivity index (χ2n) is 4.96. The van der Waals surface area contributed by atoms with Gasteiger partial charge in [0.25, 0.3) is 0 Å². The van der Waals surface area contributed by atoms with Crippen LogP contribution < -0.4 is 15.4 Å². The summed E-state index contributed by atoms with van der Waals surface area (Å²) in [6.45, 7) is 7.62. The Kier molecular flexibility index (Phi) is 5.25. The standard InChI is InChI=1S/C14H23FN2O/c1-5-6-18-14-8-13(12(16)7-11(14)15)17(4)9-10(2)3/h7-8,10H,5-6,9,16H2,1-4H3. The van der Waals surface area contributed by atoms with Gasteiger partial charge in [-0.25, -0.2) is 4.39 Å². The third-order valence-electron chi connectivity index (χ3n) is 2.59. The monoisotopic (exact) mass is 254 g/mol. The molecule has 0 spiro atoms. The Bertz CT molecular complexity index is 394. The summed E-state index contributed by atoms with van der Waals surface area (Å²) in [6, 6.07) is 3.01. The second kappa shape index (κ2) is 6.47. The van der Waals surface area contributed by atoms with Crippen LogP contribution in [0.4, 0.5) is 15.8 Å². The van der Waals surface area contributed by atoms with Crippen LogP contribution in [0.3, 0.4) is 0 Å². The van der Waals surface area contributed by atoms with Gasteiger partial charge in [-0.15, -0.1) is 0 Å². The van der Waals surface area contributed by atoms with Gasteiger partial charge in [0.05, 0.1) is 18.0 Å². The van der Waals surface area contributed by atoms with Crippen LogP contribution in [0.2, 0.25) is 0 Å². The molecule has 0 fully saturated rings. The largest absolute Gasteiger partial charge is 0.490 e. The Labute approximate surface area is 109 Å². The van der Waals surface area contributed by atoms with Crippen LogP contribution in [0.1, 0.15) is 27.2 Å². The van der Waals surface area contributed by atoms with Crippen molar-refractivity contribution >= 4 is 11.4 Å². The number of ether oxygens (including phenoxy) is 1. The lowest BCUT2D eigenvalue weighted by Crippen LogP contribution is -2.23. The van der Waals surface area contributed by atoms with Crippen molar-refractivity contribution in [1.82, 2.24) is 0 Å². The van der Waals surface area contributed by atoms with Crippen molar-refractivity contribution in [2.75, 3.05) is 30.8 Å². The fourth-order valence-electron chi connectivity index (χ4n) is 1.86. The van der Waals surface area contributed by atoms with E-state index < -0.39 is 5.82 Å². The molecular weight excluding hydrogens is 231 g/mol. The van der Waals surface area contributed by atoms with E-state index in [0.29, 0.717) is 18.2 Å². The van der Waals surface area contributed by atoms with Crippen molar-refractivity contribution < 1.29 is 9.13 Å². The zero-order chi connectivity index (χ0) is 13.7. The highest BCUT2D eigenvalue weighted by molar-refractivity contribution is 5.69. The van der Waals surface area contributed by atoms with Crippen molar-refractivity contribution in [1.29, 1.82) is 0 Å². The van der Waals surface area contributed by atoms with Crippen LogP contribution in [0.25, 0.3) is 0 Å². The molecule has 4 heteroatoms. The van der Waals surface area contributed by atoms with Crippen molar-refractivity contribution in [2.24, 2.45) is 5.92 Å². The number of hydrogen-bond acceptors (Lipinski definition) is 3. The van der Waals surface area contributed by atoms with Crippen molar-refractivity contribution in [3.05, 3.63) is 17.9 Å². The van der Waals surface area contributed by atoms with Gasteiger partial charge < -0.3 is 15.4 Å². The molecule has 0 saturated carbocycles. The minimum absolute atomic E-state index is 0.275.